The summed E-state index contributed by atoms with van der Waals surface area (Å²) in [5.74, 6) is -0.414. The number of carbonyl (C=O) groups is 3. The van der Waals surface area contributed by atoms with Gasteiger partial charge < -0.3 is 9.64 Å². The number of aryl methyl sites for hydroxylation is 1. The standard InChI is InChI=1S/C22H20N6O4/c1-12-3-6-16(23-21(12)32-2)17-11-28(26-25-17)14-4-5-15-13(9-14)10-27(22(15)31)18-7-8-19(29)24-20(18)30/h3-6,9,11,18H,7-8,10H2,1-2H3,(H,24,29,30). The molecular formula is C22H20N6O4. The minimum absolute atomic E-state index is 0.212. The number of hydrogen-bond acceptors (Lipinski definition) is 7. The molecule has 0 radical (unpaired) electrons. The van der Waals surface area contributed by atoms with E-state index in [1.165, 1.54) is 4.90 Å². The lowest BCUT2D eigenvalue weighted by molar-refractivity contribution is -0.136. The molecule has 1 fully saturated rings. The first kappa shape index (κ1) is 19.9. The van der Waals surface area contributed by atoms with E-state index in [4.69, 9.17) is 4.74 Å². The van der Waals surface area contributed by atoms with Crippen molar-refractivity contribution in [2.75, 3.05) is 7.11 Å². The Kier molecular flexibility index (Phi) is 4.69. The SMILES string of the molecule is COc1nc(-c2cn(-c3ccc4c(c3)CN(C3CCC(=O)NC3=O)C4=O)nn2)ccc1C. The van der Waals surface area contributed by atoms with Gasteiger partial charge >= 0.3 is 0 Å². The molecule has 2 aromatic heterocycles. The second-order valence-corrected chi connectivity index (χ2v) is 7.81. The molecule has 1 saturated heterocycles. The van der Waals surface area contributed by atoms with E-state index in [0.29, 0.717) is 35.8 Å². The Morgan fingerprint density at radius 3 is 2.75 bits per heavy atom. The normalized spacial score (nSPS) is 18.0. The first-order chi connectivity index (χ1) is 15.4. The fourth-order valence-corrected chi connectivity index (χ4v) is 4.07. The Morgan fingerprint density at radius 1 is 1.12 bits per heavy atom. The van der Waals surface area contributed by atoms with Gasteiger partial charge in [0.15, 0.2) is 0 Å². The molecule has 1 atom stereocenters. The van der Waals surface area contributed by atoms with Crippen LogP contribution >= 0.6 is 0 Å². The third-order valence-electron chi connectivity index (χ3n) is 5.77. The molecule has 162 valence electrons. The highest BCUT2D eigenvalue weighted by molar-refractivity contribution is 6.05. The molecule has 1 aromatic carbocycles. The quantitative estimate of drug-likeness (QED) is 0.619. The minimum Gasteiger partial charge on any atom is -0.481 e. The van der Waals surface area contributed by atoms with Crippen molar-refractivity contribution in [2.45, 2.75) is 32.4 Å². The summed E-state index contributed by atoms with van der Waals surface area (Å²) in [6.07, 6.45) is 2.31. The number of pyridine rings is 1. The molecule has 0 saturated carbocycles. The van der Waals surface area contributed by atoms with E-state index in [0.717, 1.165) is 16.8 Å². The number of methoxy groups -OCH3 is 1. The summed E-state index contributed by atoms with van der Waals surface area (Å²) in [7, 11) is 1.57. The summed E-state index contributed by atoms with van der Waals surface area (Å²) in [5.41, 5.74) is 4.23. The largest absolute Gasteiger partial charge is 0.481 e. The van der Waals surface area contributed by atoms with Gasteiger partial charge in [0.05, 0.1) is 24.7 Å². The molecule has 2 aliphatic heterocycles. The highest BCUT2D eigenvalue weighted by Crippen LogP contribution is 2.29. The van der Waals surface area contributed by atoms with Crippen molar-refractivity contribution in [2.24, 2.45) is 0 Å². The fraction of sp³-hybridized carbons (Fsp3) is 0.273. The fourth-order valence-electron chi connectivity index (χ4n) is 4.07. The first-order valence-corrected chi connectivity index (χ1v) is 10.2. The van der Waals surface area contributed by atoms with Crippen LogP contribution in [0.4, 0.5) is 0 Å². The number of amides is 3. The van der Waals surface area contributed by atoms with E-state index >= 15 is 0 Å². The van der Waals surface area contributed by atoms with Crippen LogP contribution in [0.1, 0.15) is 34.3 Å². The second-order valence-electron chi connectivity index (χ2n) is 7.81. The Morgan fingerprint density at radius 2 is 1.97 bits per heavy atom. The molecule has 2 aliphatic rings. The van der Waals surface area contributed by atoms with Gasteiger partial charge in [-0.1, -0.05) is 11.3 Å². The zero-order chi connectivity index (χ0) is 22.4. The molecule has 32 heavy (non-hydrogen) atoms. The van der Waals surface area contributed by atoms with E-state index < -0.39 is 11.9 Å². The van der Waals surface area contributed by atoms with Gasteiger partial charge in [0, 0.05) is 24.1 Å². The van der Waals surface area contributed by atoms with Crippen molar-refractivity contribution in [1.82, 2.24) is 30.2 Å². The molecule has 1 N–H and O–H groups in total. The van der Waals surface area contributed by atoms with Crippen LogP contribution in [0.15, 0.2) is 36.5 Å². The molecule has 5 rings (SSSR count). The van der Waals surface area contributed by atoms with Crippen LogP contribution in [-0.4, -0.2) is 55.8 Å². The smallest absolute Gasteiger partial charge is 0.255 e. The van der Waals surface area contributed by atoms with Crippen LogP contribution in [0.2, 0.25) is 0 Å². The van der Waals surface area contributed by atoms with Gasteiger partial charge in [-0.3, -0.25) is 19.7 Å². The number of nitrogens with zero attached hydrogens (tertiary/aromatic N) is 5. The van der Waals surface area contributed by atoms with Crippen LogP contribution < -0.4 is 10.1 Å². The number of nitrogens with one attached hydrogen (secondary N) is 1. The zero-order valence-electron chi connectivity index (χ0n) is 17.5. The topological polar surface area (TPSA) is 119 Å². The van der Waals surface area contributed by atoms with Gasteiger partial charge in [-0.2, -0.15) is 0 Å². The highest BCUT2D eigenvalue weighted by Gasteiger charge is 2.39. The summed E-state index contributed by atoms with van der Waals surface area (Å²) in [4.78, 5) is 42.5. The number of imide groups is 1. The van der Waals surface area contributed by atoms with Crippen LogP contribution in [0.5, 0.6) is 5.88 Å². The number of fused-ring (bicyclic) bond motifs is 1. The van der Waals surface area contributed by atoms with E-state index in [-0.39, 0.29) is 18.2 Å². The Balaban J connectivity index is 1.40. The highest BCUT2D eigenvalue weighted by atomic mass is 16.5. The summed E-state index contributed by atoms with van der Waals surface area (Å²) >= 11 is 0. The predicted molar refractivity (Wildman–Crippen MR) is 112 cm³/mol. The lowest BCUT2D eigenvalue weighted by Crippen LogP contribution is -2.52. The third-order valence-corrected chi connectivity index (χ3v) is 5.77. The molecule has 0 bridgehead atoms. The maximum atomic E-state index is 12.9. The molecule has 3 amide bonds. The van der Waals surface area contributed by atoms with Crippen molar-refractivity contribution >= 4 is 17.7 Å². The maximum absolute atomic E-state index is 12.9. The average Bonchev–Trinajstić information content (AvgIpc) is 3.39. The summed E-state index contributed by atoms with van der Waals surface area (Å²) in [5, 5.41) is 10.7. The number of ether oxygens (including phenoxy) is 1. The molecule has 10 nitrogen and oxygen atoms in total. The van der Waals surface area contributed by atoms with Crippen LogP contribution in [-0.2, 0) is 16.1 Å². The van der Waals surface area contributed by atoms with E-state index in [2.05, 4.69) is 20.6 Å². The number of benzene rings is 1. The third kappa shape index (κ3) is 3.29. The number of rotatable bonds is 4. The van der Waals surface area contributed by atoms with Crippen LogP contribution in [0.3, 0.4) is 0 Å². The summed E-state index contributed by atoms with van der Waals surface area (Å²) in [6.45, 7) is 2.21. The Bertz CT molecular complexity index is 1270. The van der Waals surface area contributed by atoms with Crippen LogP contribution in [0, 0.1) is 6.92 Å². The lowest BCUT2D eigenvalue weighted by atomic mass is 10.0. The van der Waals surface area contributed by atoms with E-state index in [1.807, 2.05) is 25.1 Å². The molecule has 3 aromatic rings. The first-order valence-electron chi connectivity index (χ1n) is 10.2. The molecule has 1 unspecified atom stereocenters. The van der Waals surface area contributed by atoms with Gasteiger partial charge in [-0.15, -0.1) is 5.10 Å². The van der Waals surface area contributed by atoms with Gasteiger partial charge in [-0.05, 0) is 43.2 Å². The minimum atomic E-state index is -0.642. The lowest BCUT2D eigenvalue weighted by Gasteiger charge is -2.29. The predicted octanol–water partition coefficient (Wildman–Crippen LogP) is 1.41. The monoisotopic (exact) mass is 432 g/mol. The zero-order valence-corrected chi connectivity index (χ0v) is 17.5. The molecule has 4 heterocycles. The number of carbonyl (C=O) groups excluding carboxylic acids is 3. The Hall–Kier alpha value is -4.08. The van der Waals surface area contributed by atoms with Crippen LogP contribution in [0.25, 0.3) is 17.1 Å². The average molecular weight is 432 g/mol. The van der Waals surface area contributed by atoms with Crippen molar-refractivity contribution in [3.8, 4) is 23.0 Å². The molecule has 0 spiro atoms. The Labute approximate surface area is 183 Å². The van der Waals surface area contributed by atoms with E-state index in [9.17, 15) is 14.4 Å². The molecular weight excluding hydrogens is 412 g/mol. The van der Waals surface area contributed by atoms with Gasteiger partial charge in [0.25, 0.3) is 5.91 Å². The summed E-state index contributed by atoms with van der Waals surface area (Å²) < 4.78 is 6.90. The van der Waals surface area contributed by atoms with Gasteiger partial charge in [-0.25, -0.2) is 9.67 Å². The number of piperidine rings is 1. The number of aromatic nitrogens is 4. The number of hydrogen-bond donors (Lipinski definition) is 1. The molecule has 10 heteroatoms. The van der Waals surface area contributed by atoms with Crippen molar-refractivity contribution in [3.63, 3.8) is 0 Å². The van der Waals surface area contributed by atoms with Crippen molar-refractivity contribution in [3.05, 3.63) is 53.2 Å². The second kappa shape index (κ2) is 7.56. The maximum Gasteiger partial charge on any atom is 0.255 e. The summed E-state index contributed by atoms with van der Waals surface area (Å²) in [6, 6.07) is 8.49. The molecule has 0 aliphatic carbocycles. The van der Waals surface area contributed by atoms with Crippen molar-refractivity contribution in [1.29, 1.82) is 0 Å². The van der Waals surface area contributed by atoms with E-state index in [1.54, 1.807) is 30.1 Å². The van der Waals surface area contributed by atoms with Gasteiger partial charge in [0.2, 0.25) is 17.7 Å². The van der Waals surface area contributed by atoms with Crippen molar-refractivity contribution < 1.29 is 19.1 Å². The van der Waals surface area contributed by atoms with Gasteiger partial charge in [0.1, 0.15) is 11.7 Å².